The number of nitrogens with one attached hydrogen (secondary N) is 1. The number of hydrogen-bond donors (Lipinski definition) is 3. The molecular formula is C13H26N2O4. The van der Waals surface area contributed by atoms with Gasteiger partial charge in [0.2, 0.25) is 0 Å². The van der Waals surface area contributed by atoms with Crippen LogP contribution in [0, 0.1) is 5.92 Å². The lowest BCUT2D eigenvalue weighted by Crippen LogP contribution is -2.42. The van der Waals surface area contributed by atoms with Crippen LogP contribution < -0.4 is 5.32 Å². The van der Waals surface area contributed by atoms with Crippen molar-refractivity contribution in [2.75, 3.05) is 26.2 Å². The summed E-state index contributed by atoms with van der Waals surface area (Å²) in [5.74, 6) is -1.19. The van der Waals surface area contributed by atoms with Crippen molar-refractivity contribution in [1.29, 1.82) is 0 Å². The standard InChI is InChI=1S/C13H26N2O4/c1-3-4-8-15(9-10-16)13(19)14-7-5-6-11(2)12(17)18/h11,16H,3-10H2,1-2H3,(H,14,19)(H,17,18). The summed E-state index contributed by atoms with van der Waals surface area (Å²) in [5, 5.41) is 20.4. The highest BCUT2D eigenvalue weighted by atomic mass is 16.4. The van der Waals surface area contributed by atoms with E-state index >= 15 is 0 Å². The first kappa shape index (κ1) is 17.7. The Balaban J connectivity index is 3.88. The van der Waals surface area contributed by atoms with Crippen LogP contribution in [0.1, 0.15) is 39.5 Å². The number of hydrogen-bond acceptors (Lipinski definition) is 3. The van der Waals surface area contributed by atoms with Crippen LogP contribution in [0.4, 0.5) is 4.79 Å². The second-order valence-electron chi connectivity index (χ2n) is 4.68. The summed E-state index contributed by atoms with van der Waals surface area (Å²) in [6.07, 6.45) is 3.08. The molecule has 6 heteroatoms. The van der Waals surface area contributed by atoms with Crippen molar-refractivity contribution >= 4 is 12.0 Å². The van der Waals surface area contributed by atoms with Crippen molar-refractivity contribution in [3.05, 3.63) is 0 Å². The van der Waals surface area contributed by atoms with Gasteiger partial charge in [-0.2, -0.15) is 0 Å². The second-order valence-corrected chi connectivity index (χ2v) is 4.68. The molecule has 0 aliphatic carbocycles. The van der Waals surface area contributed by atoms with E-state index in [1.54, 1.807) is 11.8 Å². The molecule has 0 spiro atoms. The van der Waals surface area contributed by atoms with Gasteiger partial charge in [0.15, 0.2) is 0 Å². The monoisotopic (exact) mass is 274 g/mol. The van der Waals surface area contributed by atoms with Gasteiger partial charge in [-0.05, 0) is 19.3 Å². The molecule has 0 heterocycles. The third-order valence-electron chi connectivity index (χ3n) is 2.95. The summed E-state index contributed by atoms with van der Waals surface area (Å²) in [6, 6.07) is -0.189. The maximum Gasteiger partial charge on any atom is 0.317 e. The topological polar surface area (TPSA) is 89.9 Å². The predicted octanol–water partition coefficient (Wildman–Crippen LogP) is 1.29. The van der Waals surface area contributed by atoms with E-state index in [-0.39, 0.29) is 18.6 Å². The number of unbranched alkanes of at least 4 members (excludes halogenated alkanes) is 1. The zero-order chi connectivity index (χ0) is 14.7. The molecule has 0 fully saturated rings. The fourth-order valence-electron chi connectivity index (χ4n) is 1.62. The van der Waals surface area contributed by atoms with E-state index in [1.807, 2.05) is 6.92 Å². The molecule has 0 saturated heterocycles. The lowest BCUT2D eigenvalue weighted by molar-refractivity contribution is -0.141. The van der Waals surface area contributed by atoms with Gasteiger partial charge < -0.3 is 20.4 Å². The summed E-state index contributed by atoms with van der Waals surface area (Å²) in [4.78, 5) is 24.0. The van der Waals surface area contributed by atoms with Crippen LogP contribution in [-0.4, -0.2) is 53.4 Å². The Hall–Kier alpha value is -1.30. The maximum absolute atomic E-state index is 11.8. The van der Waals surface area contributed by atoms with E-state index < -0.39 is 5.97 Å². The Morgan fingerprint density at radius 1 is 1.26 bits per heavy atom. The Labute approximate surface area is 114 Å². The Morgan fingerprint density at radius 3 is 2.47 bits per heavy atom. The fraction of sp³-hybridized carbons (Fsp3) is 0.846. The number of amides is 2. The largest absolute Gasteiger partial charge is 0.481 e. The number of nitrogens with zero attached hydrogens (tertiary/aromatic N) is 1. The second kappa shape index (κ2) is 10.6. The van der Waals surface area contributed by atoms with Crippen molar-refractivity contribution < 1.29 is 19.8 Å². The normalized spacial score (nSPS) is 11.9. The van der Waals surface area contributed by atoms with E-state index in [9.17, 15) is 9.59 Å². The molecular weight excluding hydrogens is 248 g/mol. The smallest absolute Gasteiger partial charge is 0.317 e. The minimum atomic E-state index is -0.809. The number of carbonyl (C=O) groups is 2. The SMILES string of the molecule is CCCCN(CCO)C(=O)NCCCC(C)C(=O)O. The molecule has 0 aromatic rings. The summed E-state index contributed by atoms with van der Waals surface area (Å²) in [5.41, 5.74) is 0. The van der Waals surface area contributed by atoms with E-state index in [2.05, 4.69) is 5.32 Å². The van der Waals surface area contributed by atoms with Gasteiger partial charge in [0.1, 0.15) is 0 Å². The zero-order valence-corrected chi connectivity index (χ0v) is 11.9. The highest BCUT2D eigenvalue weighted by Crippen LogP contribution is 2.04. The van der Waals surface area contributed by atoms with Gasteiger partial charge in [-0.15, -0.1) is 0 Å². The van der Waals surface area contributed by atoms with Crippen LogP contribution in [-0.2, 0) is 4.79 Å². The van der Waals surface area contributed by atoms with Gasteiger partial charge in [0, 0.05) is 19.6 Å². The summed E-state index contributed by atoms with van der Waals surface area (Å²) < 4.78 is 0. The molecule has 112 valence electrons. The fourth-order valence-corrected chi connectivity index (χ4v) is 1.62. The van der Waals surface area contributed by atoms with Gasteiger partial charge in [-0.25, -0.2) is 4.79 Å². The summed E-state index contributed by atoms with van der Waals surface area (Å²) in [7, 11) is 0. The lowest BCUT2D eigenvalue weighted by Gasteiger charge is -2.22. The van der Waals surface area contributed by atoms with E-state index in [1.165, 1.54) is 0 Å². The third kappa shape index (κ3) is 8.42. The minimum absolute atomic E-state index is 0.0484. The molecule has 0 rings (SSSR count). The number of carboxylic acid groups (broad SMARTS) is 1. The first-order chi connectivity index (χ1) is 9.02. The van der Waals surface area contributed by atoms with Gasteiger partial charge in [0.25, 0.3) is 0 Å². The van der Waals surface area contributed by atoms with Crippen LogP contribution in [0.15, 0.2) is 0 Å². The van der Waals surface area contributed by atoms with Crippen molar-refractivity contribution in [2.24, 2.45) is 5.92 Å². The quantitative estimate of drug-likeness (QED) is 0.524. The van der Waals surface area contributed by atoms with Crippen LogP contribution in [0.2, 0.25) is 0 Å². The lowest BCUT2D eigenvalue weighted by atomic mass is 10.1. The Morgan fingerprint density at radius 2 is 1.95 bits per heavy atom. The minimum Gasteiger partial charge on any atom is -0.481 e. The first-order valence-corrected chi connectivity index (χ1v) is 6.89. The molecule has 1 unspecified atom stereocenters. The number of aliphatic hydroxyl groups is 1. The first-order valence-electron chi connectivity index (χ1n) is 6.89. The number of urea groups is 1. The van der Waals surface area contributed by atoms with Crippen LogP contribution in [0.5, 0.6) is 0 Å². The molecule has 0 aromatic carbocycles. The number of aliphatic carboxylic acids is 1. The number of carbonyl (C=O) groups excluding carboxylic acids is 1. The van der Waals surface area contributed by atoms with Crippen molar-refractivity contribution in [1.82, 2.24) is 10.2 Å². The Bertz CT molecular complexity index is 271. The van der Waals surface area contributed by atoms with Crippen LogP contribution >= 0.6 is 0 Å². The van der Waals surface area contributed by atoms with E-state index in [0.29, 0.717) is 32.5 Å². The summed E-state index contributed by atoms with van der Waals surface area (Å²) in [6.45, 7) is 5.08. The summed E-state index contributed by atoms with van der Waals surface area (Å²) >= 11 is 0. The molecule has 1 atom stereocenters. The molecule has 0 saturated carbocycles. The highest BCUT2D eigenvalue weighted by molar-refractivity contribution is 5.74. The zero-order valence-electron chi connectivity index (χ0n) is 11.9. The van der Waals surface area contributed by atoms with Gasteiger partial charge in [0.05, 0.1) is 12.5 Å². The molecule has 3 N–H and O–H groups in total. The van der Waals surface area contributed by atoms with Crippen LogP contribution in [0.25, 0.3) is 0 Å². The average Bonchev–Trinajstić information content (AvgIpc) is 2.38. The highest BCUT2D eigenvalue weighted by Gasteiger charge is 2.13. The molecule has 0 aromatic heterocycles. The van der Waals surface area contributed by atoms with E-state index in [0.717, 1.165) is 12.8 Å². The van der Waals surface area contributed by atoms with Gasteiger partial charge >= 0.3 is 12.0 Å². The molecule has 0 bridgehead atoms. The molecule has 6 nitrogen and oxygen atoms in total. The average molecular weight is 274 g/mol. The van der Waals surface area contributed by atoms with Crippen molar-refractivity contribution in [2.45, 2.75) is 39.5 Å². The third-order valence-corrected chi connectivity index (χ3v) is 2.95. The number of rotatable bonds is 10. The van der Waals surface area contributed by atoms with Crippen LogP contribution in [0.3, 0.4) is 0 Å². The van der Waals surface area contributed by atoms with Gasteiger partial charge in [-0.1, -0.05) is 20.3 Å². The van der Waals surface area contributed by atoms with Crippen molar-refractivity contribution in [3.63, 3.8) is 0 Å². The van der Waals surface area contributed by atoms with Crippen molar-refractivity contribution in [3.8, 4) is 0 Å². The number of carboxylic acids is 1. The molecule has 19 heavy (non-hydrogen) atoms. The number of aliphatic hydroxyl groups excluding tert-OH is 1. The molecule has 0 aliphatic heterocycles. The molecule has 0 radical (unpaired) electrons. The molecule has 0 aliphatic rings. The van der Waals surface area contributed by atoms with Gasteiger partial charge in [-0.3, -0.25) is 4.79 Å². The predicted molar refractivity (Wildman–Crippen MR) is 73.0 cm³/mol. The molecule has 2 amide bonds. The maximum atomic E-state index is 11.8. The van der Waals surface area contributed by atoms with E-state index in [4.69, 9.17) is 10.2 Å². The Kier molecular flexibility index (Phi) is 9.88.